The van der Waals surface area contributed by atoms with Crippen LogP contribution in [0.4, 0.5) is 0 Å². The molecule has 2 amide bonds. The zero-order chi connectivity index (χ0) is 14.0. The first kappa shape index (κ1) is 14.5. The first-order valence-electron chi connectivity index (χ1n) is 7.67. The minimum Gasteiger partial charge on any atom is -0.314 e. The number of hydrogen-bond acceptors (Lipinski definition) is 3. The van der Waals surface area contributed by atoms with Crippen molar-refractivity contribution >= 4 is 11.8 Å². The van der Waals surface area contributed by atoms with Crippen molar-refractivity contribution in [2.45, 2.75) is 52.5 Å². The van der Waals surface area contributed by atoms with Crippen LogP contribution >= 0.6 is 0 Å². The Balaban J connectivity index is 1.91. The van der Waals surface area contributed by atoms with E-state index in [0.717, 1.165) is 32.2 Å². The van der Waals surface area contributed by atoms with Gasteiger partial charge in [-0.25, -0.2) is 0 Å². The molecule has 1 saturated heterocycles. The second-order valence-electron chi connectivity index (χ2n) is 6.03. The summed E-state index contributed by atoms with van der Waals surface area (Å²) < 4.78 is 0. The Bertz CT molecular complexity index is 332. The predicted molar refractivity (Wildman–Crippen MR) is 74.5 cm³/mol. The number of fused-ring (bicyclic) bond motifs is 1. The van der Waals surface area contributed by atoms with Crippen molar-refractivity contribution in [2.24, 2.45) is 17.8 Å². The number of carbonyl (C=O) groups is 2. The van der Waals surface area contributed by atoms with Gasteiger partial charge in [0, 0.05) is 12.6 Å². The van der Waals surface area contributed by atoms with Crippen molar-refractivity contribution in [2.75, 3.05) is 13.1 Å². The fourth-order valence-corrected chi connectivity index (χ4v) is 3.52. The van der Waals surface area contributed by atoms with E-state index in [1.54, 1.807) is 0 Å². The number of nitrogens with zero attached hydrogens (tertiary/aromatic N) is 1. The summed E-state index contributed by atoms with van der Waals surface area (Å²) in [4.78, 5) is 26.2. The average molecular weight is 266 g/mol. The summed E-state index contributed by atoms with van der Waals surface area (Å²) in [6.07, 6.45) is 3.78. The first-order valence-corrected chi connectivity index (χ1v) is 7.67. The van der Waals surface area contributed by atoms with Crippen LogP contribution in [0.25, 0.3) is 0 Å². The Morgan fingerprint density at radius 1 is 1.21 bits per heavy atom. The number of carbonyl (C=O) groups excluding carboxylic acids is 2. The third kappa shape index (κ3) is 2.83. The highest BCUT2D eigenvalue weighted by molar-refractivity contribution is 6.05. The third-order valence-corrected chi connectivity index (χ3v) is 4.74. The minimum absolute atomic E-state index is 0.00751. The van der Waals surface area contributed by atoms with Crippen LogP contribution in [0.15, 0.2) is 0 Å². The van der Waals surface area contributed by atoms with Crippen LogP contribution in [-0.4, -0.2) is 35.8 Å². The average Bonchev–Trinajstić information content (AvgIpc) is 2.90. The molecule has 19 heavy (non-hydrogen) atoms. The van der Waals surface area contributed by atoms with Gasteiger partial charge in [-0.05, 0) is 38.6 Å². The summed E-state index contributed by atoms with van der Waals surface area (Å²) in [6.45, 7) is 7.82. The summed E-state index contributed by atoms with van der Waals surface area (Å²) in [6, 6.07) is 0.356. The molecule has 1 aliphatic heterocycles. The van der Waals surface area contributed by atoms with Crippen LogP contribution < -0.4 is 5.32 Å². The van der Waals surface area contributed by atoms with Crippen molar-refractivity contribution < 1.29 is 9.59 Å². The number of nitrogens with one attached hydrogen (secondary N) is 1. The van der Waals surface area contributed by atoms with E-state index in [-0.39, 0.29) is 23.7 Å². The second kappa shape index (κ2) is 6.04. The Hall–Kier alpha value is -0.900. The molecule has 2 rings (SSSR count). The summed E-state index contributed by atoms with van der Waals surface area (Å²) in [5.41, 5.74) is 0. The molecule has 0 aromatic rings. The van der Waals surface area contributed by atoms with Crippen LogP contribution in [0.5, 0.6) is 0 Å². The lowest BCUT2D eigenvalue weighted by Gasteiger charge is -2.20. The van der Waals surface area contributed by atoms with E-state index in [1.165, 1.54) is 4.90 Å². The van der Waals surface area contributed by atoms with Gasteiger partial charge in [-0.1, -0.05) is 20.3 Å². The Labute approximate surface area is 115 Å². The van der Waals surface area contributed by atoms with Gasteiger partial charge >= 0.3 is 0 Å². The molecule has 3 atom stereocenters. The second-order valence-corrected chi connectivity index (χ2v) is 6.03. The Kier molecular flexibility index (Phi) is 4.61. The summed E-state index contributed by atoms with van der Waals surface area (Å²) in [5, 5.41) is 3.32. The van der Waals surface area contributed by atoms with Crippen molar-refractivity contribution in [3.63, 3.8) is 0 Å². The molecule has 1 N–H and O–H groups in total. The maximum atomic E-state index is 12.3. The van der Waals surface area contributed by atoms with Gasteiger partial charge in [0.1, 0.15) is 0 Å². The minimum atomic E-state index is -0.00751. The monoisotopic (exact) mass is 266 g/mol. The molecular weight excluding hydrogens is 240 g/mol. The van der Waals surface area contributed by atoms with E-state index in [0.29, 0.717) is 18.5 Å². The standard InChI is InChI=1S/C15H26N2O2/c1-4-11-8-12-13(9-11)15(19)17(14(12)18)7-6-10(3)16-5-2/h10-13,16H,4-9H2,1-3H3. The molecule has 0 aromatic heterocycles. The van der Waals surface area contributed by atoms with Crippen LogP contribution in [0.1, 0.15) is 46.5 Å². The maximum absolute atomic E-state index is 12.3. The van der Waals surface area contributed by atoms with Gasteiger partial charge in [-0.3, -0.25) is 14.5 Å². The van der Waals surface area contributed by atoms with Crippen LogP contribution in [0.3, 0.4) is 0 Å². The quantitative estimate of drug-likeness (QED) is 0.746. The molecule has 1 heterocycles. The van der Waals surface area contributed by atoms with Crippen LogP contribution in [-0.2, 0) is 9.59 Å². The Morgan fingerprint density at radius 2 is 1.79 bits per heavy atom. The fourth-order valence-electron chi connectivity index (χ4n) is 3.52. The molecule has 0 bridgehead atoms. The van der Waals surface area contributed by atoms with Gasteiger partial charge < -0.3 is 5.32 Å². The fraction of sp³-hybridized carbons (Fsp3) is 0.867. The highest BCUT2D eigenvalue weighted by Crippen LogP contribution is 2.44. The predicted octanol–water partition coefficient (Wildman–Crippen LogP) is 1.80. The van der Waals surface area contributed by atoms with E-state index < -0.39 is 0 Å². The Morgan fingerprint density at radius 3 is 2.26 bits per heavy atom. The molecule has 3 unspecified atom stereocenters. The van der Waals surface area contributed by atoms with E-state index in [9.17, 15) is 9.59 Å². The molecule has 0 aromatic carbocycles. The molecule has 2 fully saturated rings. The lowest BCUT2D eigenvalue weighted by atomic mass is 10.00. The number of amides is 2. The summed E-state index contributed by atoms with van der Waals surface area (Å²) >= 11 is 0. The summed E-state index contributed by atoms with van der Waals surface area (Å²) in [5.74, 6) is 0.744. The number of hydrogen-bond donors (Lipinski definition) is 1. The zero-order valence-electron chi connectivity index (χ0n) is 12.3. The first-order chi connectivity index (χ1) is 9.08. The largest absolute Gasteiger partial charge is 0.314 e. The van der Waals surface area contributed by atoms with Gasteiger partial charge in [0.05, 0.1) is 11.8 Å². The SMILES string of the molecule is CCNC(C)CCN1C(=O)C2CC(CC)CC2C1=O. The van der Waals surface area contributed by atoms with Gasteiger partial charge in [-0.2, -0.15) is 0 Å². The van der Waals surface area contributed by atoms with Gasteiger partial charge in [0.2, 0.25) is 11.8 Å². The lowest BCUT2D eigenvalue weighted by molar-refractivity contribution is -0.140. The molecule has 1 saturated carbocycles. The number of imide groups is 1. The van der Waals surface area contributed by atoms with E-state index in [4.69, 9.17) is 0 Å². The lowest BCUT2D eigenvalue weighted by Crippen LogP contribution is -2.37. The van der Waals surface area contributed by atoms with Crippen molar-refractivity contribution in [3.8, 4) is 0 Å². The molecule has 1 aliphatic carbocycles. The molecular formula is C15H26N2O2. The van der Waals surface area contributed by atoms with Crippen molar-refractivity contribution in [1.82, 2.24) is 10.2 Å². The third-order valence-electron chi connectivity index (χ3n) is 4.74. The molecule has 108 valence electrons. The van der Waals surface area contributed by atoms with E-state index in [1.807, 2.05) is 0 Å². The molecule has 0 radical (unpaired) electrons. The topological polar surface area (TPSA) is 49.4 Å². The van der Waals surface area contributed by atoms with Crippen molar-refractivity contribution in [3.05, 3.63) is 0 Å². The van der Waals surface area contributed by atoms with Gasteiger partial charge in [-0.15, -0.1) is 0 Å². The van der Waals surface area contributed by atoms with E-state index in [2.05, 4.69) is 26.1 Å². The van der Waals surface area contributed by atoms with Crippen molar-refractivity contribution in [1.29, 1.82) is 0 Å². The maximum Gasteiger partial charge on any atom is 0.233 e. The highest BCUT2D eigenvalue weighted by atomic mass is 16.2. The summed E-state index contributed by atoms with van der Waals surface area (Å²) in [7, 11) is 0. The molecule has 2 aliphatic rings. The van der Waals surface area contributed by atoms with Crippen LogP contribution in [0, 0.1) is 17.8 Å². The molecule has 4 nitrogen and oxygen atoms in total. The normalized spacial score (nSPS) is 31.9. The highest BCUT2D eigenvalue weighted by Gasteiger charge is 2.51. The van der Waals surface area contributed by atoms with Gasteiger partial charge in [0.25, 0.3) is 0 Å². The molecule has 4 heteroatoms. The molecule has 0 spiro atoms. The number of rotatable bonds is 6. The van der Waals surface area contributed by atoms with Crippen LogP contribution in [0.2, 0.25) is 0 Å². The smallest absolute Gasteiger partial charge is 0.233 e. The van der Waals surface area contributed by atoms with Gasteiger partial charge in [0.15, 0.2) is 0 Å². The zero-order valence-corrected chi connectivity index (χ0v) is 12.3. The van der Waals surface area contributed by atoms with E-state index >= 15 is 0 Å². The number of likely N-dealkylation sites (tertiary alicyclic amines) is 1.